The minimum Gasteiger partial charge on any atom is -0.478 e. The van der Waals surface area contributed by atoms with Crippen LogP contribution in [0, 0.1) is 0 Å². The van der Waals surface area contributed by atoms with E-state index in [9.17, 15) is 4.79 Å². The highest BCUT2D eigenvalue weighted by atomic mass is 16.4. The highest BCUT2D eigenvalue weighted by molar-refractivity contribution is 5.94. The first-order chi connectivity index (χ1) is 5.79. The van der Waals surface area contributed by atoms with Gasteiger partial charge in [0.1, 0.15) is 11.9 Å². The molecule has 14 heavy (non-hydrogen) atoms. The molecular formula is C7H9N3O4. The summed E-state index contributed by atoms with van der Waals surface area (Å²) in [7, 11) is 0. The van der Waals surface area contributed by atoms with Crippen LogP contribution in [0.5, 0.6) is 0 Å². The summed E-state index contributed by atoms with van der Waals surface area (Å²) < 4.78 is 1.56. The number of aromatic nitrogens is 3. The largest absolute Gasteiger partial charge is 0.478 e. The number of pyridine rings is 1. The number of fused-ring (bicyclic) bond motifs is 1. The van der Waals surface area contributed by atoms with Gasteiger partial charge in [0.25, 0.3) is 0 Å². The Hall–Kier alpha value is -1.99. The normalized spacial score (nSPS) is 8.86. The van der Waals surface area contributed by atoms with E-state index in [1.807, 2.05) is 0 Å². The maximum absolute atomic E-state index is 10.6. The van der Waals surface area contributed by atoms with Gasteiger partial charge in [-0.05, 0) is 12.1 Å². The molecule has 0 aliphatic carbocycles. The second kappa shape index (κ2) is 4.30. The number of carboxylic acid groups (broad SMARTS) is 1. The molecule has 0 saturated carbocycles. The van der Waals surface area contributed by atoms with E-state index >= 15 is 0 Å². The van der Waals surface area contributed by atoms with Gasteiger partial charge in [-0.2, -0.15) is 0 Å². The molecule has 0 aromatic carbocycles. The molecule has 7 heteroatoms. The number of hydrogen-bond donors (Lipinski definition) is 1. The van der Waals surface area contributed by atoms with Gasteiger partial charge < -0.3 is 16.1 Å². The predicted octanol–water partition coefficient (Wildman–Crippen LogP) is -1.22. The van der Waals surface area contributed by atoms with Crippen molar-refractivity contribution in [2.24, 2.45) is 0 Å². The monoisotopic (exact) mass is 199 g/mol. The topological polar surface area (TPSA) is 130 Å². The summed E-state index contributed by atoms with van der Waals surface area (Å²) in [5.74, 6) is -0.992. The van der Waals surface area contributed by atoms with Crippen LogP contribution >= 0.6 is 0 Å². The molecule has 0 atom stereocenters. The minimum atomic E-state index is -0.992. The molecule has 2 rings (SSSR count). The molecule has 76 valence electrons. The standard InChI is InChI=1S/C7H5N3O2.2H2O/c11-7(12)5-2-1-3-10-4-8-9-6(5)10;;/h1-4H,(H,11,12);2*1H2. The van der Waals surface area contributed by atoms with Crippen molar-refractivity contribution < 1.29 is 20.9 Å². The summed E-state index contributed by atoms with van der Waals surface area (Å²) in [5.41, 5.74) is 0.528. The van der Waals surface area contributed by atoms with Crippen LogP contribution in [0.25, 0.3) is 5.65 Å². The number of carbonyl (C=O) groups is 1. The Labute approximate surface area is 78.2 Å². The van der Waals surface area contributed by atoms with Crippen LogP contribution in [-0.2, 0) is 0 Å². The molecule has 2 aromatic rings. The third-order valence-electron chi connectivity index (χ3n) is 1.55. The van der Waals surface area contributed by atoms with Crippen LogP contribution in [0.2, 0.25) is 0 Å². The SMILES string of the molecule is O.O.O=C(O)c1cccn2cnnc12. The highest BCUT2D eigenvalue weighted by Gasteiger charge is 2.08. The van der Waals surface area contributed by atoms with Crippen molar-refractivity contribution in [2.45, 2.75) is 0 Å². The van der Waals surface area contributed by atoms with Crippen molar-refractivity contribution in [1.82, 2.24) is 14.6 Å². The molecule has 2 aromatic heterocycles. The number of nitrogens with zero attached hydrogens (tertiary/aromatic N) is 3. The molecule has 7 nitrogen and oxygen atoms in total. The molecule has 0 aliphatic rings. The number of hydrogen-bond acceptors (Lipinski definition) is 3. The van der Waals surface area contributed by atoms with E-state index in [0.29, 0.717) is 5.65 Å². The fourth-order valence-corrected chi connectivity index (χ4v) is 1.02. The molecule has 0 spiro atoms. The molecule has 5 N–H and O–H groups in total. The average Bonchev–Trinajstić information content (AvgIpc) is 2.49. The maximum Gasteiger partial charge on any atom is 0.339 e. The molecule has 0 fully saturated rings. The van der Waals surface area contributed by atoms with Crippen molar-refractivity contribution in [3.63, 3.8) is 0 Å². The van der Waals surface area contributed by atoms with E-state index in [0.717, 1.165) is 0 Å². The van der Waals surface area contributed by atoms with E-state index in [1.54, 1.807) is 16.7 Å². The van der Waals surface area contributed by atoms with Crippen LogP contribution in [0.15, 0.2) is 24.7 Å². The minimum absolute atomic E-state index is 0. The lowest BCUT2D eigenvalue weighted by atomic mass is 10.3. The molecule has 0 bridgehead atoms. The van der Waals surface area contributed by atoms with Crippen LogP contribution < -0.4 is 0 Å². The third-order valence-corrected chi connectivity index (χ3v) is 1.55. The summed E-state index contributed by atoms with van der Waals surface area (Å²) >= 11 is 0. The van der Waals surface area contributed by atoms with E-state index in [-0.39, 0.29) is 16.5 Å². The molecule has 2 heterocycles. The first-order valence-corrected chi connectivity index (χ1v) is 3.30. The van der Waals surface area contributed by atoms with Gasteiger partial charge >= 0.3 is 5.97 Å². The van der Waals surface area contributed by atoms with E-state index < -0.39 is 5.97 Å². The van der Waals surface area contributed by atoms with E-state index in [2.05, 4.69) is 10.2 Å². The quantitative estimate of drug-likeness (QED) is 0.616. The van der Waals surface area contributed by atoms with Crippen LogP contribution in [0.1, 0.15) is 10.4 Å². The Morgan fingerprint density at radius 3 is 2.79 bits per heavy atom. The average molecular weight is 199 g/mol. The van der Waals surface area contributed by atoms with Gasteiger partial charge in [0.05, 0.1) is 0 Å². The second-order valence-electron chi connectivity index (χ2n) is 2.29. The molecule has 0 saturated heterocycles. The predicted molar refractivity (Wildman–Crippen MR) is 47.2 cm³/mol. The summed E-state index contributed by atoms with van der Waals surface area (Å²) in [6, 6.07) is 3.13. The zero-order valence-electron chi connectivity index (χ0n) is 7.01. The van der Waals surface area contributed by atoms with Crippen LogP contribution in [0.4, 0.5) is 0 Å². The molecule has 0 radical (unpaired) electrons. The zero-order chi connectivity index (χ0) is 8.55. The Balaban J connectivity index is 0.000000845. The van der Waals surface area contributed by atoms with Crippen molar-refractivity contribution in [3.05, 3.63) is 30.2 Å². The Morgan fingerprint density at radius 2 is 2.14 bits per heavy atom. The van der Waals surface area contributed by atoms with E-state index in [4.69, 9.17) is 5.11 Å². The Bertz CT molecular complexity index is 439. The van der Waals surface area contributed by atoms with Gasteiger partial charge in [0, 0.05) is 6.20 Å². The first-order valence-electron chi connectivity index (χ1n) is 3.30. The van der Waals surface area contributed by atoms with Crippen molar-refractivity contribution in [3.8, 4) is 0 Å². The fraction of sp³-hybridized carbons (Fsp3) is 0. The second-order valence-corrected chi connectivity index (χ2v) is 2.29. The zero-order valence-corrected chi connectivity index (χ0v) is 7.01. The maximum atomic E-state index is 10.6. The molecule has 0 aliphatic heterocycles. The molecular weight excluding hydrogens is 190 g/mol. The lowest BCUT2D eigenvalue weighted by molar-refractivity contribution is 0.0698. The first kappa shape index (κ1) is 12.0. The molecule has 0 unspecified atom stereocenters. The summed E-state index contributed by atoms with van der Waals surface area (Å²) in [5, 5.41) is 16.0. The van der Waals surface area contributed by atoms with Gasteiger partial charge in [-0.3, -0.25) is 4.40 Å². The van der Waals surface area contributed by atoms with Crippen molar-refractivity contribution in [2.75, 3.05) is 0 Å². The summed E-state index contributed by atoms with van der Waals surface area (Å²) in [6.45, 7) is 0. The van der Waals surface area contributed by atoms with Crippen molar-refractivity contribution >= 4 is 11.6 Å². The fourth-order valence-electron chi connectivity index (χ4n) is 1.02. The number of rotatable bonds is 1. The van der Waals surface area contributed by atoms with Gasteiger partial charge in [-0.15, -0.1) is 10.2 Å². The molecule has 0 amide bonds. The third kappa shape index (κ3) is 1.68. The van der Waals surface area contributed by atoms with E-state index in [1.165, 1.54) is 12.4 Å². The summed E-state index contributed by atoms with van der Waals surface area (Å²) in [6.07, 6.45) is 3.16. The van der Waals surface area contributed by atoms with Crippen LogP contribution in [-0.4, -0.2) is 36.6 Å². The Morgan fingerprint density at radius 1 is 1.43 bits per heavy atom. The van der Waals surface area contributed by atoms with Gasteiger partial charge in [0.15, 0.2) is 5.65 Å². The van der Waals surface area contributed by atoms with Gasteiger partial charge in [-0.25, -0.2) is 4.79 Å². The number of aromatic carboxylic acids is 1. The number of carboxylic acids is 1. The lowest BCUT2D eigenvalue weighted by Crippen LogP contribution is -1.99. The summed E-state index contributed by atoms with van der Waals surface area (Å²) in [4.78, 5) is 10.6. The van der Waals surface area contributed by atoms with Gasteiger partial charge in [0.2, 0.25) is 0 Å². The van der Waals surface area contributed by atoms with Gasteiger partial charge in [-0.1, -0.05) is 0 Å². The Kier molecular flexibility index (Phi) is 3.69. The highest BCUT2D eigenvalue weighted by Crippen LogP contribution is 2.06. The lowest BCUT2D eigenvalue weighted by Gasteiger charge is -1.94. The van der Waals surface area contributed by atoms with Crippen LogP contribution in [0.3, 0.4) is 0 Å². The smallest absolute Gasteiger partial charge is 0.339 e. The van der Waals surface area contributed by atoms with Crippen molar-refractivity contribution in [1.29, 1.82) is 0 Å².